The standard InChI is InChI=1S/C25H23BrFN7O2S/c26-20-6-3-4-18(12-20)15-36-22-7-2-1-5-19(22)14-30-31-24-32-33-25(34(24)28)37-16-23(35)29-13-17-8-10-21(27)11-9-17/h1-12,14H,13,15-16,28H2,(H,29,35)(H,31,32)/b30-14+. The molecule has 1 aromatic heterocycles. The van der Waals surface area contributed by atoms with Crippen molar-refractivity contribution in [2.24, 2.45) is 5.10 Å². The van der Waals surface area contributed by atoms with E-state index in [1.807, 2.05) is 48.5 Å². The van der Waals surface area contributed by atoms with E-state index in [1.54, 1.807) is 18.3 Å². The van der Waals surface area contributed by atoms with Crippen LogP contribution in [0.2, 0.25) is 0 Å². The number of nitrogens with one attached hydrogen (secondary N) is 2. The SMILES string of the molecule is Nn1c(N/N=C/c2ccccc2OCc2cccc(Br)c2)nnc1SCC(=O)NCc1ccc(F)cc1. The highest BCUT2D eigenvalue weighted by Gasteiger charge is 2.12. The van der Waals surface area contributed by atoms with Crippen LogP contribution >= 0.6 is 27.7 Å². The molecule has 0 aliphatic carbocycles. The summed E-state index contributed by atoms with van der Waals surface area (Å²) in [6.45, 7) is 0.706. The quantitative estimate of drug-likeness (QED) is 0.104. The first-order valence-corrected chi connectivity index (χ1v) is 12.9. The maximum absolute atomic E-state index is 13.0. The predicted molar refractivity (Wildman–Crippen MR) is 145 cm³/mol. The molecule has 0 atom stereocenters. The van der Waals surface area contributed by atoms with E-state index in [0.29, 0.717) is 24.1 Å². The highest BCUT2D eigenvalue weighted by molar-refractivity contribution is 9.10. The Hall–Kier alpha value is -3.90. The number of ether oxygens (including phenoxy) is 1. The molecule has 3 aromatic carbocycles. The highest BCUT2D eigenvalue weighted by Crippen LogP contribution is 2.20. The number of hydrazone groups is 1. The molecule has 4 rings (SSSR count). The highest BCUT2D eigenvalue weighted by atomic mass is 79.9. The van der Waals surface area contributed by atoms with Gasteiger partial charge < -0.3 is 15.9 Å². The molecule has 190 valence electrons. The van der Waals surface area contributed by atoms with E-state index in [4.69, 9.17) is 10.6 Å². The molecule has 37 heavy (non-hydrogen) atoms. The third-order valence-corrected chi connectivity index (χ3v) is 6.41. The average molecular weight is 584 g/mol. The summed E-state index contributed by atoms with van der Waals surface area (Å²) in [6.07, 6.45) is 1.60. The Bertz CT molecular complexity index is 1380. The van der Waals surface area contributed by atoms with Gasteiger partial charge in [-0.1, -0.05) is 64.1 Å². The smallest absolute Gasteiger partial charge is 0.264 e. The van der Waals surface area contributed by atoms with Crippen molar-refractivity contribution < 1.29 is 13.9 Å². The number of anilines is 1. The lowest BCUT2D eigenvalue weighted by Crippen LogP contribution is -2.25. The van der Waals surface area contributed by atoms with Crippen molar-refractivity contribution in [2.75, 3.05) is 17.0 Å². The van der Waals surface area contributed by atoms with Gasteiger partial charge in [-0.25, -0.2) is 14.5 Å². The van der Waals surface area contributed by atoms with E-state index in [0.717, 1.165) is 32.9 Å². The first kappa shape index (κ1) is 26.2. The fourth-order valence-corrected chi connectivity index (χ4v) is 4.23. The number of hydrogen-bond acceptors (Lipinski definition) is 8. The van der Waals surface area contributed by atoms with Crippen molar-refractivity contribution in [1.29, 1.82) is 0 Å². The monoisotopic (exact) mass is 583 g/mol. The summed E-state index contributed by atoms with van der Waals surface area (Å²) < 4.78 is 21.1. The number of halogens is 2. The summed E-state index contributed by atoms with van der Waals surface area (Å²) >= 11 is 4.59. The van der Waals surface area contributed by atoms with Crippen molar-refractivity contribution in [3.63, 3.8) is 0 Å². The Morgan fingerprint density at radius 1 is 1.11 bits per heavy atom. The summed E-state index contributed by atoms with van der Waals surface area (Å²) in [5, 5.41) is 15.3. The molecule has 0 saturated heterocycles. The van der Waals surface area contributed by atoms with Gasteiger partial charge in [0.05, 0.1) is 12.0 Å². The lowest BCUT2D eigenvalue weighted by atomic mass is 10.2. The first-order valence-electron chi connectivity index (χ1n) is 11.1. The van der Waals surface area contributed by atoms with E-state index >= 15 is 0 Å². The second-order valence-electron chi connectivity index (χ2n) is 7.69. The zero-order valence-corrected chi connectivity index (χ0v) is 21.9. The van der Waals surface area contributed by atoms with Crippen LogP contribution in [0, 0.1) is 5.82 Å². The van der Waals surface area contributed by atoms with Crippen LogP contribution in [-0.4, -0.2) is 32.7 Å². The molecule has 0 aliphatic rings. The maximum Gasteiger partial charge on any atom is 0.264 e. The van der Waals surface area contributed by atoms with E-state index in [2.05, 4.69) is 42.0 Å². The number of benzene rings is 3. The third-order valence-electron chi connectivity index (χ3n) is 4.97. The Balaban J connectivity index is 1.28. The predicted octanol–water partition coefficient (Wildman–Crippen LogP) is 4.33. The van der Waals surface area contributed by atoms with Crippen LogP contribution in [0.1, 0.15) is 16.7 Å². The number of amides is 1. The number of nitrogens with two attached hydrogens (primary N) is 1. The number of carbonyl (C=O) groups is 1. The number of para-hydroxylation sites is 1. The minimum Gasteiger partial charge on any atom is -0.488 e. The van der Waals surface area contributed by atoms with Gasteiger partial charge in [0.2, 0.25) is 11.1 Å². The van der Waals surface area contributed by atoms with Gasteiger partial charge in [-0.3, -0.25) is 4.79 Å². The molecular formula is C25H23BrFN7O2S. The molecule has 1 amide bonds. The number of thioether (sulfide) groups is 1. The van der Waals surface area contributed by atoms with Gasteiger partial charge in [0.15, 0.2) is 0 Å². The fraction of sp³-hybridized carbons (Fsp3) is 0.120. The number of nitrogens with zero attached hydrogens (tertiary/aromatic N) is 4. The van der Waals surface area contributed by atoms with E-state index in [9.17, 15) is 9.18 Å². The summed E-state index contributed by atoms with van der Waals surface area (Å²) in [7, 11) is 0. The van der Waals surface area contributed by atoms with Crippen molar-refractivity contribution in [1.82, 2.24) is 20.2 Å². The number of carbonyl (C=O) groups excluding carboxylic acids is 1. The minimum absolute atomic E-state index is 0.0858. The zero-order valence-electron chi connectivity index (χ0n) is 19.5. The molecule has 4 N–H and O–H groups in total. The summed E-state index contributed by atoms with van der Waals surface area (Å²) in [4.78, 5) is 12.1. The van der Waals surface area contributed by atoms with Crippen LogP contribution in [0.25, 0.3) is 0 Å². The molecule has 0 fully saturated rings. The number of hydrogen-bond donors (Lipinski definition) is 3. The first-order chi connectivity index (χ1) is 18.0. The van der Waals surface area contributed by atoms with Gasteiger partial charge in [-0.05, 0) is 47.5 Å². The molecule has 12 heteroatoms. The van der Waals surface area contributed by atoms with Gasteiger partial charge >= 0.3 is 0 Å². The second kappa shape index (κ2) is 12.9. The number of nitrogen functional groups attached to an aromatic ring is 1. The molecule has 0 unspecified atom stereocenters. The third kappa shape index (κ3) is 7.79. The lowest BCUT2D eigenvalue weighted by Gasteiger charge is -2.09. The zero-order chi connectivity index (χ0) is 26.0. The lowest BCUT2D eigenvalue weighted by molar-refractivity contribution is -0.118. The Labute approximate surface area is 225 Å². The van der Waals surface area contributed by atoms with Crippen LogP contribution < -0.4 is 21.3 Å². The average Bonchev–Trinajstić information content (AvgIpc) is 3.25. The molecular weight excluding hydrogens is 561 g/mol. The maximum atomic E-state index is 13.0. The van der Waals surface area contributed by atoms with Crippen LogP contribution in [0.3, 0.4) is 0 Å². The molecule has 0 spiro atoms. The molecule has 0 bridgehead atoms. The minimum atomic E-state index is -0.323. The Morgan fingerprint density at radius 3 is 2.73 bits per heavy atom. The van der Waals surface area contributed by atoms with Crippen LogP contribution in [0.4, 0.5) is 10.3 Å². The Kier molecular flexibility index (Phi) is 9.11. The van der Waals surface area contributed by atoms with Crippen molar-refractivity contribution in [2.45, 2.75) is 18.3 Å². The Morgan fingerprint density at radius 2 is 1.92 bits per heavy atom. The molecule has 0 saturated carbocycles. The van der Waals surface area contributed by atoms with Crippen LogP contribution in [0.15, 0.2) is 87.5 Å². The second-order valence-corrected chi connectivity index (χ2v) is 9.55. The van der Waals surface area contributed by atoms with Crippen molar-refractivity contribution in [3.8, 4) is 5.75 Å². The van der Waals surface area contributed by atoms with E-state index in [1.165, 1.54) is 16.8 Å². The molecule has 4 aromatic rings. The van der Waals surface area contributed by atoms with Gasteiger partial charge in [-0.2, -0.15) is 5.10 Å². The summed E-state index contributed by atoms with van der Waals surface area (Å²) in [5.74, 6) is 6.46. The van der Waals surface area contributed by atoms with E-state index < -0.39 is 0 Å². The van der Waals surface area contributed by atoms with Crippen molar-refractivity contribution in [3.05, 3.63) is 99.8 Å². The molecule has 1 heterocycles. The fourth-order valence-electron chi connectivity index (χ4n) is 3.10. The van der Waals surface area contributed by atoms with Gasteiger partial charge in [0.1, 0.15) is 18.2 Å². The van der Waals surface area contributed by atoms with Gasteiger partial charge in [-0.15, -0.1) is 10.2 Å². The largest absolute Gasteiger partial charge is 0.488 e. The molecule has 9 nitrogen and oxygen atoms in total. The number of aromatic nitrogens is 3. The van der Waals surface area contributed by atoms with Gasteiger partial charge in [0, 0.05) is 16.6 Å². The van der Waals surface area contributed by atoms with Gasteiger partial charge in [0.25, 0.3) is 5.95 Å². The summed E-state index contributed by atoms with van der Waals surface area (Å²) in [6, 6.07) is 21.3. The topological polar surface area (TPSA) is 119 Å². The van der Waals surface area contributed by atoms with Crippen LogP contribution in [0.5, 0.6) is 5.75 Å². The van der Waals surface area contributed by atoms with Crippen LogP contribution in [-0.2, 0) is 17.9 Å². The number of rotatable bonds is 11. The summed E-state index contributed by atoms with van der Waals surface area (Å²) in [5.41, 5.74) is 5.35. The molecule has 0 aliphatic heterocycles. The normalized spacial score (nSPS) is 11.0. The van der Waals surface area contributed by atoms with Crippen molar-refractivity contribution >= 4 is 45.8 Å². The van der Waals surface area contributed by atoms with E-state index in [-0.39, 0.29) is 23.4 Å². The molecule has 0 radical (unpaired) electrons.